The van der Waals surface area contributed by atoms with Gasteiger partial charge in [0.25, 0.3) is 0 Å². The molecule has 0 saturated carbocycles. The summed E-state index contributed by atoms with van der Waals surface area (Å²) in [5.74, 6) is 0. The van der Waals surface area contributed by atoms with Crippen molar-refractivity contribution in [1.29, 1.82) is 0 Å². The SMILES string of the molecule is CC.CCCN(CCC)CCCNc1c(C)c(=S)c1=S. The summed E-state index contributed by atoms with van der Waals surface area (Å²) in [6.45, 7) is 15.1. The van der Waals surface area contributed by atoms with Crippen LogP contribution >= 0.6 is 24.4 Å². The van der Waals surface area contributed by atoms with E-state index in [1.54, 1.807) is 0 Å². The van der Waals surface area contributed by atoms with Crippen LogP contribution in [0.1, 0.15) is 52.5 Å². The molecule has 2 nitrogen and oxygen atoms in total. The van der Waals surface area contributed by atoms with Gasteiger partial charge in [0.1, 0.15) is 0 Å². The Morgan fingerprint density at radius 2 is 1.50 bits per heavy atom. The fourth-order valence-electron chi connectivity index (χ4n) is 2.20. The maximum atomic E-state index is 5.22. The molecule has 0 unspecified atom stereocenters. The van der Waals surface area contributed by atoms with Gasteiger partial charge in [-0.05, 0) is 51.4 Å². The maximum Gasteiger partial charge on any atom is 0.0795 e. The molecule has 0 atom stereocenters. The first kappa shape index (κ1) is 19.7. The normalized spacial score (nSPS) is 10.5. The largest absolute Gasteiger partial charge is 0.384 e. The Kier molecular flexibility index (Phi) is 11.2. The molecule has 0 aromatic heterocycles. The van der Waals surface area contributed by atoms with Crippen LogP contribution < -0.4 is 5.32 Å². The fourth-order valence-corrected chi connectivity index (χ4v) is 2.78. The fraction of sp³-hybridized carbons (Fsp3) is 0.750. The molecule has 1 rings (SSSR count). The molecular formula is C16H30N2S2. The van der Waals surface area contributed by atoms with Crippen molar-refractivity contribution in [2.24, 2.45) is 0 Å². The Morgan fingerprint density at radius 1 is 0.950 bits per heavy atom. The van der Waals surface area contributed by atoms with Crippen LogP contribution in [-0.4, -0.2) is 31.1 Å². The summed E-state index contributed by atoms with van der Waals surface area (Å²) < 4.78 is 1.72. The minimum absolute atomic E-state index is 0.849. The Balaban J connectivity index is 0.00000172. The van der Waals surface area contributed by atoms with E-state index in [-0.39, 0.29) is 0 Å². The average Bonchev–Trinajstić information content (AvgIpc) is 2.48. The molecule has 4 heteroatoms. The number of nitrogens with zero attached hydrogens (tertiary/aromatic N) is 1. The molecule has 0 bridgehead atoms. The molecule has 0 aliphatic carbocycles. The third-order valence-electron chi connectivity index (χ3n) is 3.18. The number of hydrogen-bond donors (Lipinski definition) is 1. The lowest BCUT2D eigenvalue weighted by Gasteiger charge is -2.21. The lowest BCUT2D eigenvalue weighted by molar-refractivity contribution is 0.274. The summed E-state index contributed by atoms with van der Waals surface area (Å²) in [7, 11) is 0. The van der Waals surface area contributed by atoms with Gasteiger partial charge in [-0.2, -0.15) is 0 Å². The minimum Gasteiger partial charge on any atom is -0.384 e. The van der Waals surface area contributed by atoms with Crippen molar-refractivity contribution < 1.29 is 0 Å². The van der Waals surface area contributed by atoms with Crippen molar-refractivity contribution >= 4 is 30.1 Å². The first-order valence-corrected chi connectivity index (χ1v) is 8.69. The van der Waals surface area contributed by atoms with E-state index in [0.717, 1.165) is 39.8 Å². The van der Waals surface area contributed by atoms with E-state index >= 15 is 0 Å². The molecule has 1 aromatic rings. The Hall–Kier alpha value is -0.320. The van der Waals surface area contributed by atoms with E-state index in [1.807, 2.05) is 20.8 Å². The highest BCUT2D eigenvalue weighted by Gasteiger charge is 2.09. The molecule has 0 amide bonds. The van der Waals surface area contributed by atoms with Crippen LogP contribution in [0.3, 0.4) is 0 Å². The lowest BCUT2D eigenvalue weighted by Crippen LogP contribution is -2.28. The predicted molar refractivity (Wildman–Crippen MR) is 96.7 cm³/mol. The van der Waals surface area contributed by atoms with Crippen LogP contribution in [-0.2, 0) is 0 Å². The highest BCUT2D eigenvalue weighted by Crippen LogP contribution is 2.24. The van der Waals surface area contributed by atoms with Gasteiger partial charge in [-0.3, -0.25) is 0 Å². The van der Waals surface area contributed by atoms with Crippen molar-refractivity contribution in [3.8, 4) is 0 Å². The molecule has 0 saturated heterocycles. The third-order valence-corrected chi connectivity index (χ3v) is 4.23. The molecule has 116 valence electrons. The summed E-state index contributed by atoms with van der Waals surface area (Å²) in [6, 6.07) is 0. The molecule has 0 aliphatic heterocycles. The maximum absolute atomic E-state index is 5.22. The molecule has 0 heterocycles. The summed E-state index contributed by atoms with van der Waals surface area (Å²) in [6.07, 6.45) is 3.62. The number of nitrogens with one attached hydrogen (secondary N) is 1. The first-order chi connectivity index (χ1) is 9.61. The third kappa shape index (κ3) is 5.98. The molecule has 0 spiro atoms. The van der Waals surface area contributed by atoms with Crippen LogP contribution in [0.4, 0.5) is 5.69 Å². The Labute approximate surface area is 135 Å². The van der Waals surface area contributed by atoms with Gasteiger partial charge in [0.05, 0.1) is 14.7 Å². The van der Waals surface area contributed by atoms with Gasteiger partial charge in [-0.25, -0.2) is 0 Å². The molecule has 0 radical (unpaired) electrons. The van der Waals surface area contributed by atoms with Gasteiger partial charge in [-0.15, -0.1) is 0 Å². The lowest BCUT2D eigenvalue weighted by atomic mass is 10.1. The molecule has 0 fully saturated rings. The van der Waals surface area contributed by atoms with Crippen LogP contribution in [0, 0.1) is 15.9 Å². The van der Waals surface area contributed by atoms with Gasteiger partial charge in [0, 0.05) is 6.54 Å². The van der Waals surface area contributed by atoms with Crippen molar-refractivity contribution in [2.45, 2.75) is 53.9 Å². The van der Waals surface area contributed by atoms with E-state index in [0.29, 0.717) is 0 Å². The zero-order valence-corrected chi connectivity index (χ0v) is 15.3. The smallest absolute Gasteiger partial charge is 0.0795 e. The molecular weight excluding hydrogens is 284 g/mol. The van der Waals surface area contributed by atoms with Crippen LogP contribution in [0.5, 0.6) is 0 Å². The molecule has 1 aromatic carbocycles. The van der Waals surface area contributed by atoms with Crippen molar-refractivity contribution in [1.82, 2.24) is 4.90 Å². The van der Waals surface area contributed by atoms with E-state index in [2.05, 4.69) is 24.1 Å². The van der Waals surface area contributed by atoms with Crippen molar-refractivity contribution in [2.75, 3.05) is 31.5 Å². The second-order valence-electron chi connectivity index (χ2n) is 4.78. The summed E-state index contributed by atoms with van der Waals surface area (Å²) in [5, 5.41) is 3.41. The standard InChI is InChI=1S/C14H24N2S2.C2H6/c1-4-8-16(9-5-2)10-6-7-15-12-11(3)13(17)14(12)18;1-2/h15H,4-10H2,1-3H3;1-2H3. The van der Waals surface area contributed by atoms with E-state index < -0.39 is 0 Å². The van der Waals surface area contributed by atoms with Gasteiger partial charge in [0.2, 0.25) is 0 Å². The summed E-state index contributed by atoms with van der Waals surface area (Å²) >= 11 is 10.4. The summed E-state index contributed by atoms with van der Waals surface area (Å²) in [5.41, 5.74) is 2.27. The van der Waals surface area contributed by atoms with Gasteiger partial charge in [-0.1, -0.05) is 52.1 Å². The Bertz CT molecular complexity index is 428. The van der Waals surface area contributed by atoms with Crippen LogP contribution in [0.15, 0.2) is 0 Å². The van der Waals surface area contributed by atoms with Gasteiger partial charge < -0.3 is 10.2 Å². The number of anilines is 1. The number of hydrogen-bond acceptors (Lipinski definition) is 4. The molecule has 0 aliphatic rings. The zero-order chi connectivity index (χ0) is 15.5. The van der Waals surface area contributed by atoms with E-state index in [9.17, 15) is 0 Å². The highest BCUT2D eigenvalue weighted by atomic mass is 32.1. The second-order valence-corrected chi connectivity index (χ2v) is 5.60. The van der Waals surface area contributed by atoms with Gasteiger partial charge in [0.15, 0.2) is 0 Å². The average molecular weight is 315 g/mol. The Morgan fingerprint density at radius 3 is 1.95 bits per heavy atom. The van der Waals surface area contributed by atoms with Crippen molar-refractivity contribution in [3.63, 3.8) is 0 Å². The quantitative estimate of drug-likeness (QED) is 0.492. The van der Waals surface area contributed by atoms with Gasteiger partial charge >= 0.3 is 0 Å². The zero-order valence-electron chi connectivity index (χ0n) is 13.7. The highest BCUT2D eigenvalue weighted by molar-refractivity contribution is 7.74. The van der Waals surface area contributed by atoms with Crippen LogP contribution in [0.2, 0.25) is 0 Å². The van der Waals surface area contributed by atoms with Crippen LogP contribution in [0.25, 0.3) is 0 Å². The van der Waals surface area contributed by atoms with Crippen molar-refractivity contribution in [3.05, 3.63) is 14.6 Å². The number of rotatable bonds is 9. The topological polar surface area (TPSA) is 15.3 Å². The monoisotopic (exact) mass is 314 g/mol. The van der Waals surface area contributed by atoms with E-state index in [4.69, 9.17) is 24.4 Å². The molecule has 1 N–H and O–H groups in total. The minimum atomic E-state index is 0.849. The second kappa shape index (κ2) is 11.4. The van der Waals surface area contributed by atoms with E-state index in [1.165, 1.54) is 25.9 Å². The first-order valence-electron chi connectivity index (χ1n) is 7.87. The summed E-state index contributed by atoms with van der Waals surface area (Å²) in [4.78, 5) is 2.53. The predicted octanol–water partition coefficient (Wildman–Crippen LogP) is 5.28. The molecule has 20 heavy (non-hydrogen) atoms.